The third kappa shape index (κ3) is 23.0. The molecule has 0 amide bonds. The highest BCUT2D eigenvalue weighted by molar-refractivity contribution is 9.12. The van der Waals surface area contributed by atoms with Crippen molar-refractivity contribution in [1.82, 2.24) is 0 Å². The Balaban J connectivity index is -0.000000272. The molecule has 1 N–H and O–H groups in total. The quantitative estimate of drug-likeness (QED) is 0.374. The third-order valence-corrected chi connectivity index (χ3v) is 3.88. The fraction of sp³-hybridized carbons (Fsp3) is 0.400. The summed E-state index contributed by atoms with van der Waals surface area (Å²) in [6.07, 6.45) is 1.15. The molecular weight excluding hydrogens is 436 g/mol. The summed E-state index contributed by atoms with van der Waals surface area (Å²) in [5, 5.41) is 8.65. The van der Waals surface area contributed by atoms with Crippen LogP contribution in [0.3, 0.4) is 0 Å². The van der Waals surface area contributed by atoms with Crippen molar-refractivity contribution in [3.05, 3.63) is 37.0 Å². The molecule has 0 bridgehead atoms. The van der Waals surface area contributed by atoms with Gasteiger partial charge in [-0.25, -0.2) is 14.4 Å². The second-order valence-electron chi connectivity index (χ2n) is 3.94. The van der Waals surface area contributed by atoms with E-state index in [1.54, 1.807) is 6.92 Å². The lowest BCUT2D eigenvalue weighted by Gasteiger charge is -2.04. The molecule has 0 saturated carbocycles. The largest absolute Gasteiger partial charge is 0.478 e. The highest BCUT2D eigenvalue weighted by Crippen LogP contribution is 2.03. The number of carboxylic acid groups (broad SMARTS) is 1. The number of alkyl halides is 2. The van der Waals surface area contributed by atoms with Crippen molar-refractivity contribution in [2.45, 2.75) is 18.7 Å². The van der Waals surface area contributed by atoms with Gasteiger partial charge in [-0.05, 0) is 13.8 Å². The average Bonchev–Trinajstić information content (AvgIpc) is 2.52. The van der Waals surface area contributed by atoms with Crippen LogP contribution in [-0.2, 0) is 23.9 Å². The first-order valence-corrected chi connectivity index (χ1v) is 8.18. The molecule has 0 aliphatic heterocycles. The maximum Gasteiger partial charge on any atom is 0.332 e. The minimum absolute atomic E-state index is 0.176. The molecule has 6 nitrogen and oxygen atoms in total. The normalized spacial score (nSPS) is 9.61. The molecule has 132 valence electrons. The lowest BCUT2D eigenvalue weighted by Crippen LogP contribution is -2.12. The standard InChI is InChI=1S/C6H8Br2O2.C5H8O2.C4H6O2/c1-2-6(9)10-4-5(8)3-7;1-4(2)5(6)7-3;1-3(2)4(5)6/h2,5H,1,3-4H2;1H2,2-3H3;1H2,2H3,(H,5,6). The summed E-state index contributed by atoms with van der Waals surface area (Å²) >= 11 is 6.50. The lowest BCUT2D eigenvalue weighted by molar-refractivity contribution is -0.137. The van der Waals surface area contributed by atoms with E-state index >= 15 is 0 Å². The zero-order valence-electron chi connectivity index (χ0n) is 13.4. The molecule has 0 aliphatic carbocycles. The number of carboxylic acids is 1. The van der Waals surface area contributed by atoms with Gasteiger partial charge in [0.15, 0.2) is 0 Å². The topological polar surface area (TPSA) is 89.9 Å². The minimum Gasteiger partial charge on any atom is -0.478 e. The zero-order valence-corrected chi connectivity index (χ0v) is 16.6. The van der Waals surface area contributed by atoms with Gasteiger partial charge in [0.05, 0.1) is 11.9 Å². The Morgan fingerprint density at radius 3 is 1.83 bits per heavy atom. The van der Waals surface area contributed by atoms with Crippen molar-refractivity contribution in [2.75, 3.05) is 19.0 Å². The van der Waals surface area contributed by atoms with Gasteiger partial charge in [-0.3, -0.25) is 0 Å². The molecule has 0 aliphatic rings. The third-order valence-electron chi connectivity index (χ3n) is 1.64. The van der Waals surface area contributed by atoms with Gasteiger partial charge in [0.25, 0.3) is 0 Å². The van der Waals surface area contributed by atoms with Crippen LogP contribution in [0.5, 0.6) is 0 Å². The monoisotopic (exact) mass is 456 g/mol. The lowest BCUT2D eigenvalue weighted by atomic mass is 10.4. The van der Waals surface area contributed by atoms with Crippen molar-refractivity contribution in [2.24, 2.45) is 0 Å². The minimum atomic E-state index is -0.935. The summed E-state index contributed by atoms with van der Waals surface area (Å²) in [4.78, 5) is 30.4. The molecule has 0 rings (SSSR count). The molecule has 0 fully saturated rings. The second kappa shape index (κ2) is 17.0. The number of rotatable bonds is 6. The van der Waals surface area contributed by atoms with Gasteiger partial charge in [-0.15, -0.1) is 0 Å². The predicted octanol–water partition coefficient (Wildman–Crippen LogP) is 3.26. The van der Waals surface area contributed by atoms with E-state index < -0.39 is 5.97 Å². The van der Waals surface area contributed by atoms with Crippen LogP contribution >= 0.6 is 31.9 Å². The number of esters is 2. The van der Waals surface area contributed by atoms with Crippen molar-refractivity contribution in [3.8, 4) is 0 Å². The van der Waals surface area contributed by atoms with Crippen LogP contribution in [-0.4, -0.2) is 46.9 Å². The Kier molecular flexibility index (Phi) is 19.5. The fourth-order valence-corrected chi connectivity index (χ4v) is 0.769. The molecule has 0 heterocycles. The van der Waals surface area contributed by atoms with E-state index in [-0.39, 0.29) is 22.3 Å². The number of halogens is 2. The van der Waals surface area contributed by atoms with E-state index in [1.807, 2.05) is 0 Å². The highest BCUT2D eigenvalue weighted by Gasteiger charge is 2.03. The zero-order chi connectivity index (χ0) is 19.0. The Morgan fingerprint density at radius 2 is 1.65 bits per heavy atom. The molecule has 8 heteroatoms. The number of methoxy groups -OCH3 is 1. The molecule has 0 radical (unpaired) electrons. The van der Waals surface area contributed by atoms with Gasteiger partial charge in [0.1, 0.15) is 6.61 Å². The smallest absolute Gasteiger partial charge is 0.332 e. The average molecular weight is 458 g/mol. The Morgan fingerprint density at radius 1 is 1.22 bits per heavy atom. The van der Waals surface area contributed by atoms with Crippen LogP contribution in [0.4, 0.5) is 0 Å². The van der Waals surface area contributed by atoms with Crippen LogP contribution in [0.1, 0.15) is 13.8 Å². The summed E-state index contributed by atoms with van der Waals surface area (Å²) in [5.41, 5.74) is 0.609. The first kappa shape index (κ1) is 26.5. The van der Waals surface area contributed by atoms with Crippen molar-refractivity contribution >= 4 is 49.8 Å². The summed E-state index contributed by atoms with van der Waals surface area (Å²) < 4.78 is 8.98. The summed E-state index contributed by atoms with van der Waals surface area (Å²) in [5.74, 6) is -1.67. The summed E-state index contributed by atoms with van der Waals surface area (Å²) in [6.45, 7) is 13.2. The van der Waals surface area contributed by atoms with Crippen molar-refractivity contribution < 1.29 is 29.0 Å². The van der Waals surface area contributed by atoms with E-state index in [4.69, 9.17) is 9.84 Å². The first-order chi connectivity index (χ1) is 10.5. The Labute approximate surface area is 153 Å². The molecule has 0 aromatic rings. The number of hydrogen-bond acceptors (Lipinski definition) is 5. The van der Waals surface area contributed by atoms with Crippen LogP contribution < -0.4 is 0 Å². The van der Waals surface area contributed by atoms with Gasteiger partial charge in [-0.2, -0.15) is 0 Å². The fourth-order valence-electron chi connectivity index (χ4n) is 0.450. The predicted molar refractivity (Wildman–Crippen MR) is 96.9 cm³/mol. The van der Waals surface area contributed by atoms with Gasteiger partial charge in [-0.1, -0.05) is 51.6 Å². The molecular formula is C15H22Br2O6. The number of ether oxygens (including phenoxy) is 2. The van der Waals surface area contributed by atoms with Crippen molar-refractivity contribution in [3.63, 3.8) is 0 Å². The molecule has 23 heavy (non-hydrogen) atoms. The van der Waals surface area contributed by atoms with E-state index in [0.29, 0.717) is 12.2 Å². The molecule has 0 aromatic heterocycles. The van der Waals surface area contributed by atoms with E-state index in [1.165, 1.54) is 14.0 Å². The number of carbonyl (C=O) groups excluding carboxylic acids is 2. The summed E-state index contributed by atoms with van der Waals surface area (Å²) in [6, 6.07) is 0. The SMILES string of the molecule is C=C(C)C(=O)O.C=C(C)C(=O)OC.C=CC(=O)OCC(Br)CBr. The molecule has 0 aromatic carbocycles. The summed E-state index contributed by atoms with van der Waals surface area (Å²) in [7, 11) is 1.33. The molecule has 0 saturated heterocycles. The van der Waals surface area contributed by atoms with Gasteiger partial charge in [0, 0.05) is 22.6 Å². The molecule has 0 spiro atoms. The molecule has 1 atom stereocenters. The van der Waals surface area contributed by atoms with Crippen LogP contribution in [0.15, 0.2) is 37.0 Å². The number of hydrogen-bond donors (Lipinski definition) is 1. The van der Waals surface area contributed by atoms with Crippen LogP contribution in [0.25, 0.3) is 0 Å². The van der Waals surface area contributed by atoms with E-state index in [0.717, 1.165) is 11.4 Å². The maximum absolute atomic E-state index is 10.5. The van der Waals surface area contributed by atoms with Gasteiger partial charge >= 0.3 is 17.9 Å². The number of carbonyl (C=O) groups is 3. The van der Waals surface area contributed by atoms with Gasteiger partial charge < -0.3 is 14.6 Å². The first-order valence-electron chi connectivity index (χ1n) is 6.15. The maximum atomic E-state index is 10.5. The van der Waals surface area contributed by atoms with Crippen LogP contribution in [0.2, 0.25) is 0 Å². The number of aliphatic carboxylic acids is 1. The van der Waals surface area contributed by atoms with Gasteiger partial charge in [0.2, 0.25) is 0 Å². The highest BCUT2D eigenvalue weighted by atomic mass is 79.9. The van der Waals surface area contributed by atoms with E-state index in [9.17, 15) is 14.4 Å². The van der Waals surface area contributed by atoms with Crippen LogP contribution in [0, 0.1) is 0 Å². The second-order valence-corrected chi connectivity index (χ2v) is 5.89. The van der Waals surface area contributed by atoms with E-state index in [2.05, 4.69) is 56.3 Å². The van der Waals surface area contributed by atoms with Crippen molar-refractivity contribution in [1.29, 1.82) is 0 Å². The molecule has 1 unspecified atom stereocenters. The Bertz CT molecular complexity index is 420. The Hall–Kier alpha value is -1.41.